The Balaban J connectivity index is 1.41. The van der Waals surface area contributed by atoms with E-state index in [4.69, 9.17) is 23.7 Å². The molecular formula is C28H28O6. The van der Waals surface area contributed by atoms with Crippen LogP contribution in [0, 0.1) is 0 Å². The van der Waals surface area contributed by atoms with Gasteiger partial charge in [0.15, 0.2) is 18.2 Å². The molecule has 2 saturated heterocycles. The standard InChI is InChI=1S/C28H28O6/c1-28(2)33-24-23(32-27(30-3)25(24)34-28)22(20-12-8-5-9-13-20)31-26(29)21-16-14-19(15-17-21)18-10-6-4-7-11-18/h4-17,22-25,27H,1-3H3/t22-,23-,24-,25-,27?/m1/s1. The van der Waals surface area contributed by atoms with Gasteiger partial charge < -0.3 is 23.7 Å². The molecular weight excluding hydrogens is 432 g/mol. The fourth-order valence-corrected chi connectivity index (χ4v) is 4.61. The molecule has 2 heterocycles. The van der Waals surface area contributed by atoms with Gasteiger partial charge in [-0.3, -0.25) is 0 Å². The Kier molecular flexibility index (Phi) is 6.23. The van der Waals surface area contributed by atoms with Crippen molar-refractivity contribution in [3.8, 4) is 11.1 Å². The van der Waals surface area contributed by atoms with E-state index < -0.39 is 42.5 Å². The summed E-state index contributed by atoms with van der Waals surface area (Å²) in [6.07, 6.45) is -2.77. The van der Waals surface area contributed by atoms with Crippen LogP contribution in [0.5, 0.6) is 0 Å². The molecule has 0 aromatic heterocycles. The van der Waals surface area contributed by atoms with Crippen LogP contribution in [-0.4, -0.2) is 43.5 Å². The first-order valence-electron chi connectivity index (χ1n) is 11.4. The number of benzene rings is 3. The van der Waals surface area contributed by atoms with Crippen molar-refractivity contribution in [2.24, 2.45) is 0 Å². The summed E-state index contributed by atoms with van der Waals surface area (Å²) in [5, 5.41) is 0. The number of hydrogen-bond donors (Lipinski definition) is 0. The summed E-state index contributed by atoms with van der Waals surface area (Å²) < 4.78 is 29.9. The SMILES string of the molecule is COC1O[C@H]([C@H](OC(=O)c2ccc(-c3ccccc3)cc2)c2ccccc2)[C@H]2OC(C)(C)O[C@@H]12. The Bertz CT molecular complexity index is 1110. The van der Waals surface area contributed by atoms with Gasteiger partial charge >= 0.3 is 5.97 Å². The minimum Gasteiger partial charge on any atom is -0.451 e. The highest BCUT2D eigenvalue weighted by atomic mass is 16.8. The Labute approximate surface area is 199 Å². The number of esters is 1. The molecule has 0 bridgehead atoms. The average Bonchev–Trinajstić information content (AvgIpc) is 3.36. The van der Waals surface area contributed by atoms with Gasteiger partial charge in [0, 0.05) is 7.11 Å². The van der Waals surface area contributed by atoms with Crippen molar-refractivity contribution in [1.29, 1.82) is 0 Å². The minimum atomic E-state index is -0.785. The first-order valence-corrected chi connectivity index (χ1v) is 11.4. The first kappa shape index (κ1) is 22.7. The molecule has 6 heteroatoms. The Morgan fingerprint density at radius 3 is 2.06 bits per heavy atom. The smallest absolute Gasteiger partial charge is 0.338 e. The van der Waals surface area contributed by atoms with Crippen LogP contribution in [0.25, 0.3) is 11.1 Å². The molecule has 34 heavy (non-hydrogen) atoms. The summed E-state index contributed by atoms with van der Waals surface area (Å²) in [6, 6.07) is 27.0. The minimum absolute atomic E-state index is 0.417. The molecule has 3 aromatic rings. The van der Waals surface area contributed by atoms with Gasteiger partial charge in [-0.15, -0.1) is 0 Å². The second-order valence-corrected chi connectivity index (χ2v) is 8.95. The molecule has 176 valence electrons. The normalized spacial score (nSPS) is 26.1. The van der Waals surface area contributed by atoms with Crippen LogP contribution in [0.15, 0.2) is 84.9 Å². The lowest BCUT2D eigenvalue weighted by Crippen LogP contribution is -2.36. The summed E-state index contributed by atoms with van der Waals surface area (Å²) in [4.78, 5) is 13.2. The number of carbonyl (C=O) groups excluding carboxylic acids is 1. The summed E-state index contributed by atoms with van der Waals surface area (Å²) >= 11 is 0. The predicted octanol–water partition coefficient (Wildman–Crippen LogP) is 5.14. The molecule has 6 nitrogen and oxygen atoms in total. The Morgan fingerprint density at radius 2 is 1.41 bits per heavy atom. The summed E-state index contributed by atoms with van der Waals surface area (Å²) in [5.74, 6) is -1.22. The van der Waals surface area contributed by atoms with E-state index in [1.54, 1.807) is 19.2 Å². The van der Waals surface area contributed by atoms with E-state index in [0.717, 1.165) is 16.7 Å². The van der Waals surface area contributed by atoms with Crippen LogP contribution in [0.2, 0.25) is 0 Å². The van der Waals surface area contributed by atoms with Crippen molar-refractivity contribution in [1.82, 2.24) is 0 Å². The highest BCUT2D eigenvalue weighted by Gasteiger charge is 2.58. The van der Waals surface area contributed by atoms with Gasteiger partial charge in [0.1, 0.15) is 18.3 Å². The number of rotatable bonds is 6. The number of methoxy groups -OCH3 is 1. The Hall–Kier alpha value is -3.03. The van der Waals surface area contributed by atoms with E-state index in [-0.39, 0.29) is 0 Å². The van der Waals surface area contributed by atoms with Crippen LogP contribution in [0.1, 0.15) is 35.9 Å². The zero-order valence-electron chi connectivity index (χ0n) is 19.4. The summed E-state index contributed by atoms with van der Waals surface area (Å²) in [7, 11) is 1.57. The third-order valence-electron chi connectivity index (χ3n) is 6.17. The predicted molar refractivity (Wildman–Crippen MR) is 126 cm³/mol. The molecule has 2 fully saturated rings. The van der Waals surface area contributed by atoms with Crippen LogP contribution in [0.4, 0.5) is 0 Å². The van der Waals surface area contributed by atoms with Gasteiger partial charge in [-0.25, -0.2) is 4.79 Å². The van der Waals surface area contributed by atoms with Crippen molar-refractivity contribution >= 4 is 5.97 Å². The van der Waals surface area contributed by atoms with Gasteiger partial charge in [0.25, 0.3) is 0 Å². The van der Waals surface area contributed by atoms with Crippen molar-refractivity contribution < 1.29 is 28.5 Å². The molecule has 0 N–H and O–H groups in total. The van der Waals surface area contributed by atoms with Crippen LogP contribution in [0.3, 0.4) is 0 Å². The third-order valence-corrected chi connectivity index (χ3v) is 6.17. The molecule has 1 unspecified atom stereocenters. The first-order chi connectivity index (χ1) is 16.4. The van der Waals surface area contributed by atoms with Crippen molar-refractivity contribution in [3.63, 3.8) is 0 Å². The lowest BCUT2D eigenvalue weighted by Gasteiger charge is -2.29. The van der Waals surface area contributed by atoms with Gasteiger partial charge in [0.2, 0.25) is 0 Å². The molecule has 0 amide bonds. The maximum Gasteiger partial charge on any atom is 0.338 e. The van der Waals surface area contributed by atoms with Crippen molar-refractivity contribution in [3.05, 3.63) is 96.1 Å². The highest BCUT2D eigenvalue weighted by molar-refractivity contribution is 5.90. The monoisotopic (exact) mass is 460 g/mol. The van der Waals surface area contributed by atoms with Crippen molar-refractivity contribution in [2.45, 2.75) is 50.3 Å². The molecule has 2 aliphatic rings. The molecule has 0 saturated carbocycles. The Morgan fingerprint density at radius 1 is 0.824 bits per heavy atom. The fourth-order valence-electron chi connectivity index (χ4n) is 4.61. The van der Waals surface area contributed by atoms with E-state index in [1.165, 1.54) is 0 Å². The van der Waals surface area contributed by atoms with Crippen molar-refractivity contribution in [2.75, 3.05) is 7.11 Å². The quantitative estimate of drug-likeness (QED) is 0.475. The van der Waals surface area contributed by atoms with E-state index >= 15 is 0 Å². The van der Waals surface area contributed by atoms with E-state index in [1.807, 2.05) is 86.6 Å². The molecule has 2 aliphatic heterocycles. The van der Waals surface area contributed by atoms with E-state index in [9.17, 15) is 4.79 Å². The summed E-state index contributed by atoms with van der Waals surface area (Å²) in [5.41, 5.74) is 3.38. The van der Waals surface area contributed by atoms with E-state index in [0.29, 0.717) is 5.56 Å². The molecule has 0 radical (unpaired) electrons. The highest BCUT2D eigenvalue weighted by Crippen LogP contribution is 2.44. The van der Waals surface area contributed by atoms with Gasteiger partial charge in [0.05, 0.1) is 5.56 Å². The number of carbonyl (C=O) groups is 1. The number of ether oxygens (including phenoxy) is 5. The number of fused-ring (bicyclic) bond motifs is 1. The zero-order valence-corrected chi connectivity index (χ0v) is 19.4. The molecule has 0 spiro atoms. The van der Waals surface area contributed by atoms with Crippen LogP contribution >= 0.6 is 0 Å². The lowest BCUT2D eigenvalue weighted by atomic mass is 9.99. The topological polar surface area (TPSA) is 63.2 Å². The third kappa shape index (κ3) is 4.50. The average molecular weight is 461 g/mol. The van der Waals surface area contributed by atoms with Gasteiger partial charge in [-0.1, -0.05) is 72.8 Å². The summed E-state index contributed by atoms with van der Waals surface area (Å²) in [6.45, 7) is 3.71. The molecule has 5 atom stereocenters. The second-order valence-electron chi connectivity index (χ2n) is 8.95. The number of hydrogen-bond acceptors (Lipinski definition) is 6. The zero-order chi connectivity index (χ0) is 23.7. The van der Waals surface area contributed by atoms with E-state index in [2.05, 4.69) is 0 Å². The van der Waals surface area contributed by atoms with Gasteiger partial charge in [-0.2, -0.15) is 0 Å². The largest absolute Gasteiger partial charge is 0.451 e. The molecule has 5 rings (SSSR count). The van der Waals surface area contributed by atoms with Crippen LogP contribution in [-0.2, 0) is 23.7 Å². The molecule has 3 aromatic carbocycles. The second kappa shape index (κ2) is 9.31. The maximum atomic E-state index is 13.2. The lowest BCUT2D eigenvalue weighted by molar-refractivity contribution is -0.237. The van der Waals surface area contributed by atoms with Crippen LogP contribution < -0.4 is 0 Å². The maximum absolute atomic E-state index is 13.2. The molecule has 0 aliphatic carbocycles. The van der Waals surface area contributed by atoms with Gasteiger partial charge in [-0.05, 0) is 42.7 Å². The fraction of sp³-hybridized carbons (Fsp3) is 0.321.